The molecule has 3 N–H and O–H groups in total. The van der Waals surface area contributed by atoms with Gasteiger partial charge in [-0.05, 0) is 45.1 Å². The molecule has 0 radical (unpaired) electrons. The number of nitrogens with one attached hydrogen (secondary N) is 1. The maximum Gasteiger partial charge on any atom is 0.389 e. The molecule has 17 heavy (non-hydrogen) atoms. The van der Waals surface area contributed by atoms with E-state index in [4.69, 9.17) is 5.73 Å². The van der Waals surface area contributed by atoms with Gasteiger partial charge in [-0.1, -0.05) is 0 Å². The van der Waals surface area contributed by atoms with Crippen molar-refractivity contribution < 1.29 is 18.0 Å². The SMILES string of the molecule is CC(CCCC(F)(F)F)(NCC1CC1)C(N)=O. The summed E-state index contributed by atoms with van der Waals surface area (Å²) in [6.07, 6.45) is -2.78. The predicted molar refractivity (Wildman–Crippen MR) is 58.2 cm³/mol. The van der Waals surface area contributed by atoms with Crippen molar-refractivity contribution in [2.45, 2.75) is 50.7 Å². The average molecular weight is 252 g/mol. The number of rotatable bonds is 7. The van der Waals surface area contributed by atoms with Gasteiger partial charge in [-0.3, -0.25) is 4.79 Å². The Morgan fingerprint density at radius 1 is 1.35 bits per heavy atom. The number of nitrogens with two attached hydrogens (primary N) is 1. The van der Waals surface area contributed by atoms with E-state index in [1.54, 1.807) is 6.92 Å². The molecule has 100 valence electrons. The molecule has 1 aliphatic rings. The number of alkyl halides is 3. The minimum absolute atomic E-state index is 0.0827. The zero-order valence-corrected chi connectivity index (χ0v) is 9.94. The van der Waals surface area contributed by atoms with Crippen LogP contribution in [0.3, 0.4) is 0 Å². The van der Waals surface area contributed by atoms with Gasteiger partial charge in [-0.15, -0.1) is 0 Å². The van der Waals surface area contributed by atoms with Crippen LogP contribution in [0, 0.1) is 5.92 Å². The van der Waals surface area contributed by atoms with Crippen LogP contribution in [-0.4, -0.2) is 24.2 Å². The van der Waals surface area contributed by atoms with E-state index in [0.29, 0.717) is 12.5 Å². The van der Waals surface area contributed by atoms with E-state index in [2.05, 4.69) is 5.32 Å². The molecule has 0 aromatic rings. The van der Waals surface area contributed by atoms with E-state index in [1.165, 1.54) is 0 Å². The number of primary amides is 1. The van der Waals surface area contributed by atoms with Gasteiger partial charge in [-0.25, -0.2) is 0 Å². The van der Waals surface area contributed by atoms with Gasteiger partial charge in [0, 0.05) is 6.42 Å². The van der Waals surface area contributed by atoms with Crippen LogP contribution in [0.5, 0.6) is 0 Å². The maximum absolute atomic E-state index is 12.0. The Morgan fingerprint density at radius 2 is 1.94 bits per heavy atom. The molecular weight excluding hydrogens is 233 g/mol. The van der Waals surface area contributed by atoms with E-state index >= 15 is 0 Å². The third-order valence-corrected chi connectivity index (χ3v) is 3.16. The summed E-state index contributed by atoms with van der Waals surface area (Å²) in [6.45, 7) is 2.24. The highest BCUT2D eigenvalue weighted by Gasteiger charge is 2.35. The van der Waals surface area contributed by atoms with Crippen molar-refractivity contribution >= 4 is 5.91 Å². The van der Waals surface area contributed by atoms with E-state index in [-0.39, 0.29) is 12.8 Å². The molecule has 1 aliphatic carbocycles. The van der Waals surface area contributed by atoms with Crippen molar-refractivity contribution in [1.82, 2.24) is 5.32 Å². The molecule has 3 nitrogen and oxygen atoms in total. The normalized spacial score (nSPS) is 20.0. The van der Waals surface area contributed by atoms with Gasteiger partial charge in [0.2, 0.25) is 5.91 Å². The molecule has 6 heteroatoms. The van der Waals surface area contributed by atoms with Crippen molar-refractivity contribution in [2.24, 2.45) is 11.7 Å². The van der Waals surface area contributed by atoms with Crippen LogP contribution in [-0.2, 0) is 4.79 Å². The molecule has 1 rings (SSSR count). The Labute approximate surface area is 98.9 Å². The Balaban J connectivity index is 2.37. The third kappa shape index (κ3) is 5.39. The summed E-state index contributed by atoms with van der Waals surface area (Å²) in [5.74, 6) is -0.0309. The molecule has 1 atom stereocenters. The maximum atomic E-state index is 12.0. The summed E-state index contributed by atoms with van der Waals surface area (Å²) in [5, 5.41) is 3.00. The Bertz CT molecular complexity index is 276. The fourth-order valence-corrected chi connectivity index (χ4v) is 1.63. The first kappa shape index (κ1) is 14.3. The second kappa shape index (κ2) is 5.25. The highest BCUT2D eigenvalue weighted by Crippen LogP contribution is 2.29. The third-order valence-electron chi connectivity index (χ3n) is 3.16. The van der Waals surface area contributed by atoms with Crippen LogP contribution < -0.4 is 11.1 Å². The monoisotopic (exact) mass is 252 g/mol. The van der Waals surface area contributed by atoms with E-state index in [9.17, 15) is 18.0 Å². The highest BCUT2D eigenvalue weighted by atomic mass is 19.4. The van der Waals surface area contributed by atoms with Crippen molar-refractivity contribution in [2.75, 3.05) is 6.54 Å². The fourth-order valence-electron chi connectivity index (χ4n) is 1.63. The molecule has 0 aliphatic heterocycles. The second-order valence-electron chi connectivity index (χ2n) is 4.99. The smallest absolute Gasteiger partial charge is 0.368 e. The molecule has 0 spiro atoms. The first-order valence-corrected chi connectivity index (χ1v) is 5.85. The van der Waals surface area contributed by atoms with E-state index < -0.39 is 24.0 Å². The highest BCUT2D eigenvalue weighted by molar-refractivity contribution is 5.84. The largest absolute Gasteiger partial charge is 0.389 e. The molecule has 0 heterocycles. The van der Waals surface area contributed by atoms with Gasteiger partial charge in [0.05, 0.1) is 5.54 Å². The van der Waals surface area contributed by atoms with Gasteiger partial charge in [-0.2, -0.15) is 13.2 Å². The van der Waals surface area contributed by atoms with Gasteiger partial charge < -0.3 is 11.1 Å². The van der Waals surface area contributed by atoms with Crippen LogP contribution >= 0.6 is 0 Å². The number of amides is 1. The molecule has 1 unspecified atom stereocenters. The van der Waals surface area contributed by atoms with Crippen LogP contribution in [0.15, 0.2) is 0 Å². The topological polar surface area (TPSA) is 55.1 Å². The van der Waals surface area contributed by atoms with Crippen molar-refractivity contribution in [1.29, 1.82) is 0 Å². The lowest BCUT2D eigenvalue weighted by Gasteiger charge is -2.27. The van der Waals surface area contributed by atoms with Crippen LogP contribution in [0.4, 0.5) is 13.2 Å². The Morgan fingerprint density at radius 3 is 2.35 bits per heavy atom. The number of carbonyl (C=O) groups excluding carboxylic acids is 1. The van der Waals surface area contributed by atoms with Crippen LogP contribution in [0.1, 0.15) is 39.0 Å². The molecule has 0 aromatic carbocycles. The Kier molecular flexibility index (Phi) is 4.41. The zero-order chi connectivity index (χ0) is 13.1. The summed E-state index contributed by atoms with van der Waals surface area (Å²) in [6, 6.07) is 0. The average Bonchev–Trinajstić information content (AvgIpc) is 2.95. The summed E-state index contributed by atoms with van der Waals surface area (Å²) in [5.41, 5.74) is 4.22. The number of carbonyl (C=O) groups is 1. The van der Waals surface area contributed by atoms with E-state index in [0.717, 1.165) is 12.8 Å². The predicted octanol–water partition coefficient (Wildman–Crippen LogP) is 1.96. The summed E-state index contributed by atoms with van der Waals surface area (Å²) >= 11 is 0. The number of hydrogen-bond donors (Lipinski definition) is 2. The molecule has 1 amide bonds. The number of hydrogen-bond acceptors (Lipinski definition) is 2. The quantitative estimate of drug-likeness (QED) is 0.727. The number of halogens is 3. The minimum atomic E-state index is -4.17. The van der Waals surface area contributed by atoms with Crippen molar-refractivity contribution in [3.05, 3.63) is 0 Å². The van der Waals surface area contributed by atoms with Gasteiger partial charge in [0.1, 0.15) is 0 Å². The lowest BCUT2D eigenvalue weighted by molar-refractivity contribution is -0.138. The van der Waals surface area contributed by atoms with Gasteiger partial charge in [0.25, 0.3) is 0 Å². The summed E-state index contributed by atoms with van der Waals surface area (Å²) < 4.78 is 36.1. The molecule has 1 saturated carbocycles. The van der Waals surface area contributed by atoms with Crippen molar-refractivity contribution in [3.63, 3.8) is 0 Å². The lowest BCUT2D eigenvalue weighted by atomic mass is 9.93. The van der Waals surface area contributed by atoms with E-state index in [1.807, 2.05) is 0 Å². The second-order valence-corrected chi connectivity index (χ2v) is 4.99. The van der Waals surface area contributed by atoms with Gasteiger partial charge >= 0.3 is 6.18 Å². The minimum Gasteiger partial charge on any atom is -0.368 e. The molecule has 0 aromatic heterocycles. The summed E-state index contributed by atoms with van der Waals surface area (Å²) in [4.78, 5) is 11.3. The fraction of sp³-hybridized carbons (Fsp3) is 0.909. The lowest BCUT2D eigenvalue weighted by Crippen LogP contribution is -2.53. The van der Waals surface area contributed by atoms with Crippen LogP contribution in [0.25, 0.3) is 0 Å². The molecule has 0 bridgehead atoms. The first-order valence-electron chi connectivity index (χ1n) is 5.85. The zero-order valence-electron chi connectivity index (χ0n) is 9.94. The molecule has 1 fully saturated rings. The van der Waals surface area contributed by atoms with Crippen LogP contribution in [0.2, 0.25) is 0 Å². The first-order chi connectivity index (χ1) is 7.73. The van der Waals surface area contributed by atoms with Gasteiger partial charge in [0.15, 0.2) is 0 Å². The van der Waals surface area contributed by atoms with Crippen molar-refractivity contribution in [3.8, 4) is 0 Å². The molecule has 0 saturated heterocycles. The molecular formula is C11H19F3N2O. The Hall–Kier alpha value is -0.780. The standard InChI is InChI=1S/C11H19F3N2O/c1-10(9(15)17,16-7-8-3-4-8)5-2-6-11(12,13)14/h8,16H,2-7H2,1H3,(H2,15,17). The summed E-state index contributed by atoms with van der Waals surface area (Å²) in [7, 11) is 0.